The van der Waals surface area contributed by atoms with E-state index in [1.807, 2.05) is 54.6 Å². The number of hydrogen-bond acceptors (Lipinski definition) is 5. The Hall–Kier alpha value is -3.60. The van der Waals surface area contributed by atoms with Crippen molar-refractivity contribution in [3.05, 3.63) is 102 Å². The van der Waals surface area contributed by atoms with E-state index < -0.39 is 0 Å². The molecule has 0 aliphatic carbocycles. The van der Waals surface area contributed by atoms with Gasteiger partial charge in [-0.15, -0.1) is 0 Å². The Morgan fingerprint density at radius 3 is 1.88 bits per heavy atom. The molecule has 2 atom stereocenters. The van der Waals surface area contributed by atoms with Crippen molar-refractivity contribution < 1.29 is 14.2 Å². The first kappa shape index (κ1) is 22.6. The lowest BCUT2D eigenvalue weighted by Crippen LogP contribution is -2.22. The maximum absolute atomic E-state index is 6.39. The average Bonchev–Trinajstić information content (AvgIpc) is 3.26. The zero-order valence-electron chi connectivity index (χ0n) is 19.1. The van der Waals surface area contributed by atoms with E-state index in [1.54, 1.807) is 0 Å². The van der Waals surface area contributed by atoms with E-state index in [0.717, 1.165) is 53.6 Å². The summed E-state index contributed by atoms with van der Waals surface area (Å²) in [6.45, 7) is 3.97. The summed E-state index contributed by atoms with van der Waals surface area (Å²) in [4.78, 5) is 0. The van der Waals surface area contributed by atoms with Gasteiger partial charge in [-0.25, -0.2) is 0 Å². The normalized spacial score (nSPS) is 15.9. The summed E-state index contributed by atoms with van der Waals surface area (Å²) in [6.07, 6.45) is 3.96. The fraction of sp³-hybridized carbons (Fsp3) is 0.286. The molecule has 3 aromatic carbocycles. The van der Waals surface area contributed by atoms with Crippen molar-refractivity contribution in [2.24, 2.45) is 11.7 Å². The third-order valence-electron chi connectivity index (χ3n) is 5.66. The molecule has 0 bridgehead atoms. The lowest BCUT2D eigenvalue weighted by Gasteiger charge is -2.21. The second kappa shape index (κ2) is 11.3. The maximum atomic E-state index is 6.39. The molecule has 0 unspecified atom stereocenters. The molecular weight excluding hydrogens is 412 g/mol. The van der Waals surface area contributed by atoms with Gasteiger partial charge in [-0.2, -0.15) is 0 Å². The van der Waals surface area contributed by atoms with Crippen LogP contribution in [-0.4, -0.2) is 12.6 Å². The van der Waals surface area contributed by atoms with Crippen LogP contribution in [0.4, 0.5) is 0 Å². The molecule has 0 radical (unpaired) electrons. The average molecular weight is 445 g/mol. The van der Waals surface area contributed by atoms with Crippen LogP contribution in [0, 0.1) is 5.92 Å². The Labute approximate surface area is 196 Å². The summed E-state index contributed by atoms with van der Waals surface area (Å²) in [5, 5.41) is 3.19. The molecule has 0 aromatic heterocycles. The molecule has 1 heterocycles. The summed E-state index contributed by atoms with van der Waals surface area (Å²) in [5.41, 5.74) is 8.10. The SMILES string of the molecule is CC[C@@H](C[C@H]1C=C(N)NC1)Oc1cc(OCc2ccccc2)cc(OCc2ccccc2)c1. The van der Waals surface area contributed by atoms with E-state index in [1.165, 1.54) is 0 Å². The Morgan fingerprint density at radius 2 is 1.39 bits per heavy atom. The smallest absolute Gasteiger partial charge is 0.127 e. The molecule has 0 saturated carbocycles. The Balaban J connectivity index is 1.48. The molecule has 0 saturated heterocycles. The van der Waals surface area contributed by atoms with Crippen LogP contribution < -0.4 is 25.3 Å². The van der Waals surface area contributed by atoms with Crippen LogP contribution in [0.2, 0.25) is 0 Å². The van der Waals surface area contributed by atoms with Crippen LogP contribution in [0.5, 0.6) is 17.2 Å². The van der Waals surface area contributed by atoms with Gasteiger partial charge in [0.15, 0.2) is 0 Å². The zero-order chi connectivity index (χ0) is 22.9. The minimum absolute atomic E-state index is 0.0743. The van der Waals surface area contributed by atoms with E-state index in [9.17, 15) is 0 Å². The number of benzene rings is 3. The second-order valence-corrected chi connectivity index (χ2v) is 8.34. The highest BCUT2D eigenvalue weighted by atomic mass is 16.5. The molecule has 1 aliphatic heterocycles. The van der Waals surface area contributed by atoms with Crippen LogP contribution in [0.25, 0.3) is 0 Å². The molecule has 0 amide bonds. The molecule has 0 spiro atoms. The maximum Gasteiger partial charge on any atom is 0.127 e. The van der Waals surface area contributed by atoms with Crippen molar-refractivity contribution in [3.8, 4) is 17.2 Å². The molecule has 33 heavy (non-hydrogen) atoms. The molecule has 3 N–H and O–H groups in total. The highest BCUT2D eigenvalue weighted by molar-refractivity contribution is 5.42. The van der Waals surface area contributed by atoms with Crippen molar-refractivity contribution in [2.45, 2.75) is 39.1 Å². The number of ether oxygens (including phenoxy) is 3. The fourth-order valence-electron chi connectivity index (χ4n) is 3.86. The molecule has 1 aliphatic rings. The molecular formula is C28H32N2O3. The van der Waals surface area contributed by atoms with Crippen LogP contribution >= 0.6 is 0 Å². The van der Waals surface area contributed by atoms with Gasteiger partial charge in [0, 0.05) is 30.7 Å². The Kier molecular flexibility index (Phi) is 7.75. The van der Waals surface area contributed by atoms with Crippen LogP contribution in [0.15, 0.2) is 90.8 Å². The first-order valence-corrected chi connectivity index (χ1v) is 11.5. The van der Waals surface area contributed by atoms with Crippen LogP contribution in [-0.2, 0) is 13.2 Å². The van der Waals surface area contributed by atoms with Gasteiger partial charge >= 0.3 is 0 Å². The summed E-state index contributed by atoms with van der Waals surface area (Å²) < 4.78 is 18.6. The molecule has 4 rings (SSSR count). The Bertz CT molecular complexity index is 976. The second-order valence-electron chi connectivity index (χ2n) is 8.34. The van der Waals surface area contributed by atoms with Gasteiger partial charge in [0.05, 0.1) is 11.9 Å². The largest absolute Gasteiger partial charge is 0.490 e. The van der Waals surface area contributed by atoms with Crippen LogP contribution in [0.3, 0.4) is 0 Å². The molecule has 5 heteroatoms. The molecule has 3 aromatic rings. The molecule has 5 nitrogen and oxygen atoms in total. The summed E-state index contributed by atoms with van der Waals surface area (Å²) in [6, 6.07) is 26.1. The summed E-state index contributed by atoms with van der Waals surface area (Å²) in [5.74, 6) is 3.32. The van der Waals surface area contributed by atoms with Gasteiger partial charge < -0.3 is 25.3 Å². The predicted octanol–water partition coefficient (Wildman–Crippen LogP) is 5.41. The highest BCUT2D eigenvalue weighted by Crippen LogP contribution is 2.31. The van der Waals surface area contributed by atoms with Crippen LogP contribution in [0.1, 0.15) is 30.9 Å². The van der Waals surface area contributed by atoms with Crippen molar-refractivity contribution in [2.75, 3.05) is 6.54 Å². The third kappa shape index (κ3) is 6.94. The highest BCUT2D eigenvalue weighted by Gasteiger charge is 2.20. The number of nitrogens with two attached hydrogens (primary N) is 1. The first-order valence-electron chi connectivity index (χ1n) is 11.5. The van der Waals surface area contributed by atoms with Gasteiger partial charge in [0.2, 0.25) is 0 Å². The van der Waals surface area contributed by atoms with E-state index in [-0.39, 0.29) is 6.10 Å². The molecule has 172 valence electrons. The summed E-state index contributed by atoms with van der Waals surface area (Å²) in [7, 11) is 0. The number of rotatable bonds is 11. The van der Waals surface area contributed by atoms with Gasteiger partial charge in [-0.1, -0.05) is 67.6 Å². The lowest BCUT2D eigenvalue weighted by atomic mass is 10.0. The topological polar surface area (TPSA) is 65.7 Å². The van der Waals surface area contributed by atoms with Gasteiger partial charge in [-0.05, 0) is 30.0 Å². The zero-order valence-corrected chi connectivity index (χ0v) is 19.1. The minimum atomic E-state index is 0.0743. The van der Waals surface area contributed by atoms with E-state index >= 15 is 0 Å². The quantitative estimate of drug-likeness (QED) is 0.414. The first-order chi connectivity index (χ1) is 16.2. The van der Waals surface area contributed by atoms with Crippen molar-refractivity contribution in [1.29, 1.82) is 0 Å². The predicted molar refractivity (Wildman–Crippen MR) is 131 cm³/mol. The summed E-state index contributed by atoms with van der Waals surface area (Å²) >= 11 is 0. The number of nitrogens with one attached hydrogen (secondary N) is 1. The van der Waals surface area contributed by atoms with Gasteiger partial charge in [-0.3, -0.25) is 0 Å². The van der Waals surface area contributed by atoms with E-state index in [0.29, 0.717) is 19.1 Å². The van der Waals surface area contributed by atoms with Gasteiger partial charge in [0.1, 0.15) is 30.5 Å². The third-order valence-corrected chi connectivity index (χ3v) is 5.66. The van der Waals surface area contributed by atoms with E-state index in [4.69, 9.17) is 19.9 Å². The van der Waals surface area contributed by atoms with Crippen molar-refractivity contribution in [3.63, 3.8) is 0 Å². The standard InChI is InChI=1S/C28H32N2O3/c1-2-24(13-23-14-28(29)30-18-23)33-27-16-25(31-19-21-9-5-3-6-10-21)15-26(17-27)32-20-22-11-7-4-8-12-22/h3-12,14-17,23-24,30H,2,13,18-20,29H2,1H3/t23-,24-/m0/s1. The lowest BCUT2D eigenvalue weighted by molar-refractivity contribution is 0.171. The Morgan fingerprint density at radius 1 is 0.848 bits per heavy atom. The minimum Gasteiger partial charge on any atom is -0.490 e. The molecule has 0 fully saturated rings. The monoisotopic (exact) mass is 444 g/mol. The fourth-order valence-corrected chi connectivity index (χ4v) is 3.86. The van der Waals surface area contributed by atoms with E-state index in [2.05, 4.69) is 42.6 Å². The van der Waals surface area contributed by atoms with Crippen molar-refractivity contribution in [1.82, 2.24) is 5.32 Å². The van der Waals surface area contributed by atoms with Crippen molar-refractivity contribution >= 4 is 0 Å². The van der Waals surface area contributed by atoms with Gasteiger partial charge in [0.25, 0.3) is 0 Å². The number of hydrogen-bond donors (Lipinski definition) is 2.